The van der Waals surface area contributed by atoms with Gasteiger partial charge in [-0.15, -0.1) is 0 Å². The summed E-state index contributed by atoms with van der Waals surface area (Å²) < 4.78 is 1.91. The number of hydrogen-bond acceptors (Lipinski definition) is 2. The maximum Gasteiger partial charge on any atom is 0.255 e. The predicted molar refractivity (Wildman–Crippen MR) is 76.8 cm³/mol. The summed E-state index contributed by atoms with van der Waals surface area (Å²) in [6.45, 7) is 11.2. The van der Waals surface area contributed by atoms with Crippen molar-refractivity contribution in [1.82, 2.24) is 4.57 Å². The van der Waals surface area contributed by atoms with Gasteiger partial charge in [-0.1, -0.05) is 33.8 Å². The third-order valence-electron chi connectivity index (χ3n) is 3.25. The Labute approximate surface area is 110 Å². The van der Waals surface area contributed by atoms with E-state index in [0.717, 1.165) is 18.7 Å². The van der Waals surface area contributed by atoms with E-state index in [1.165, 1.54) is 0 Å². The maximum atomic E-state index is 12.4. The number of rotatable bonds is 5. The van der Waals surface area contributed by atoms with E-state index in [4.69, 9.17) is 5.73 Å². The summed E-state index contributed by atoms with van der Waals surface area (Å²) in [5.74, 6) is 0.947. The van der Waals surface area contributed by atoms with Gasteiger partial charge in [-0.25, -0.2) is 0 Å². The van der Waals surface area contributed by atoms with Crippen molar-refractivity contribution in [2.75, 3.05) is 0 Å². The molecule has 0 spiro atoms. The largest absolute Gasteiger partial charge is 0.324 e. The Morgan fingerprint density at radius 1 is 1.17 bits per heavy atom. The molecule has 0 saturated carbocycles. The molecule has 0 aromatic carbocycles. The SMILES string of the molecule is CC(C)CCn1c(C(C)C)ccc(C(C)N)c1=O. The highest BCUT2D eigenvalue weighted by Crippen LogP contribution is 2.16. The summed E-state index contributed by atoms with van der Waals surface area (Å²) in [6.07, 6.45) is 1.02. The molecule has 0 saturated heterocycles. The molecule has 0 amide bonds. The predicted octanol–water partition coefficient (Wildman–Crippen LogP) is 3.04. The summed E-state index contributed by atoms with van der Waals surface area (Å²) in [7, 11) is 0. The highest BCUT2D eigenvalue weighted by Gasteiger charge is 2.13. The van der Waals surface area contributed by atoms with Crippen molar-refractivity contribution in [2.24, 2.45) is 11.7 Å². The Hall–Kier alpha value is -1.09. The summed E-state index contributed by atoms with van der Waals surface area (Å²) >= 11 is 0. The quantitative estimate of drug-likeness (QED) is 0.873. The van der Waals surface area contributed by atoms with Gasteiger partial charge in [-0.3, -0.25) is 4.79 Å². The number of nitrogens with two attached hydrogens (primary N) is 1. The van der Waals surface area contributed by atoms with Crippen LogP contribution in [-0.4, -0.2) is 4.57 Å². The molecule has 2 N–H and O–H groups in total. The minimum atomic E-state index is -0.205. The Bertz CT molecular complexity index is 444. The topological polar surface area (TPSA) is 48.0 Å². The minimum Gasteiger partial charge on any atom is -0.324 e. The van der Waals surface area contributed by atoms with Gasteiger partial charge in [0.05, 0.1) is 0 Å². The van der Waals surface area contributed by atoms with E-state index in [9.17, 15) is 4.79 Å². The molecule has 3 heteroatoms. The van der Waals surface area contributed by atoms with Crippen LogP contribution in [0.15, 0.2) is 16.9 Å². The Morgan fingerprint density at radius 2 is 1.78 bits per heavy atom. The number of nitrogens with zero attached hydrogens (tertiary/aromatic N) is 1. The molecule has 0 aliphatic carbocycles. The smallest absolute Gasteiger partial charge is 0.255 e. The van der Waals surface area contributed by atoms with Crippen LogP contribution in [-0.2, 0) is 6.54 Å². The molecule has 1 aromatic rings. The molecule has 0 bridgehead atoms. The normalized spacial score (nSPS) is 13.3. The second-order valence-electron chi connectivity index (χ2n) is 5.80. The third-order valence-corrected chi connectivity index (χ3v) is 3.25. The van der Waals surface area contributed by atoms with Gasteiger partial charge in [-0.2, -0.15) is 0 Å². The van der Waals surface area contributed by atoms with Gasteiger partial charge in [0.1, 0.15) is 0 Å². The monoisotopic (exact) mass is 250 g/mol. The zero-order valence-corrected chi connectivity index (χ0v) is 12.2. The number of hydrogen-bond donors (Lipinski definition) is 1. The molecule has 0 fully saturated rings. The average Bonchev–Trinajstić information content (AvgIpc) is 2.25. The van der Waals surface area contributed by atoms with Crippen LogP contribution >= 0.6 is 0 Å². The lowest BCUT2D eigenvalue weighted by Crippen LogP contribution is -2.30. The minimum absolute atomic E-state index is 0.0804. The summed E-state index contributed by atoms with van der Waals surface area (Å²) in [6, 6.07) is 3.73. The molecule has 1 rings (SSSR count). The molecule has 0 radical (unpaired) electrons. The lowest BCUT2D eigenvalue weighted by Gasteiger charge is -2.19. The molecule has 1 atom stereocenters. The summed E-state index contributed by atoms with van der Waals surface area (Å²) in [5.41, 5.74) is 7.75. The van der Waals surface area contributed by atoms with Gasteiger partial charge in [0.2, 0.25) is 0 Å². The summed E-state index contributed by atoms with van der Waals surface area (Å²) in [4.78, 5) is 12.4. The Morgan fingerprint density at radius 3 is 2.22 bits per heavy atom. The van der Waals surface area contributed by atoms with Crippen molar-refractivity contribution in [3.63, 3.8) is 0 Å². The first kappa shape index (κ1) is 15.0. The molecular formula is C15H26N2O. The van der Waals surface area contributed by atoms with E-state index in [-0.39, 0.29) is 11.6 Å². The number of pyridine rings is 1. The van der Waals surface area contributed by atoms with Crippen molar-refractivity contribution in [1.29, 1.82) is 0 Å². The van der Waals surface area contributed by atoms with Crippen LogP contribution in [0.1, 0.15) is 64.3 Å². The van der Waals surface area contributed by atoms with Gasteiger partial charge in [0, 0.05) is 23.8 Å². The molecule has 102 valence electrons. The van der Waals surface area contributed by atoms with Crippen molar-refractivity contribution in [3.8, 4) is 0 Å². The van der Waals surface area contributed by atoms with Crippen LogP contribution in [0.4, 0.5) is 0 Å². The molecule has 1 aromatic heterocycles. The molecule has 0 aliphatic heterocycles. The first-order chi connectivity index (χ1) is 8.34. The first-order valence-corrected chi connectivity index (χ1v) is 6.83. The maximum absolute atomic E-state index is 12.4. The van der Waals surface area contributed by atoms with E-state index in [0.29, 0.717) is 17.4 Å². The second-order valence-corrected chi connectivity index (χ2v) is 5.80. The van der Waals surface area contributed by atoms with Crippen LogP contribution in [0.3, 0.4) is 0 Å². The van der Waals surface area contributed by atoms with Gasteiger partial charge in [0.15, 0.2) is 0 Å². The van der Waals surface area contributed by atoms with E-state index in [2.05, 4.69) is 27.7 Å². The highest BCUT2D eigenvalue weighted by molar-refractivity contribution is 5.20. The molecule has 1 heterocycles. The molecule has 0 aliphatic rings. The lowest BCUT2D eigenvalue weighted by molar-refractivity contribution is 0.487. The zero-order valence-electron chi connectivity index (χ0n) is 12.2. The molecular weight excluding hydrogens is 224 g/mol. The van der Waals surface area contributed by atoms with Gasteiger partial charge >= 0.3 is 0 Å². The Balaban J connectivity index is 3.23. The summed E-state index contributed by atoms with van der Waals surface area (Å²) in [5, 5.41) is 0. The molecule has 18 heavy (non-hydrogen) atoms. The van der Waals surface area contributed by atoms with Gasteiger partial charge in [0.25, 0.3) is 5.56 Å². The Kier molecular flexibility index (Phi) is 5.15. The van der Waals surface area contributed by atoms with E-state index < -0.39 is 0 Å². The van der Waals surface area contributed by atoms with Crippen LogP contribution in [0.2, 0.25) is 0 Å². The van der Waals surface area contributed by atoms with Crippen LogP contribution < -0.4 is 11.3 Å². The fraction of sp³-hybridized carbons (Fsp3) is 0.667. The van der Waals surface area contributed by atoms with Crippen molar-refractivity contribution in [3.05, 3.63) is 33.7 Å². The zero-order chi connectivity index (χ0) is 13.9. The van der Waals surface area contributed by atoms with Crippen molar-refractivity contribution in [2.45, 2.75) is 59.5 Å². The van der Waals surface area contributed by atoms with Crippen LogP contribution in [0, 0.1) is 5.92 Å². The fourth-order valence-electron chi connectivity index (χ4n) is 2.08. The third kappa shape index (κ3) is 3.45. The van der Waals surface area contributed by atoms with E-state index >= 15 is 0 Å². The number of aromatic nitrogens is 1. The average molecular weight is 250 g/mol. The van der Waals surface area contributed by atoms with Gasteiger partial charge in [-0.05, 0) is 31.2 Å². The van der Waals surface area contributed by atoms with Crippen LogP contribution in [0.5, 0.6) is 0 Å². The molecule has 1 unspecified atom stereocenters. The van der Waals surface area contributed by atoms with E-state index in [1.54, 1.807) is 0 Å². The van der Waals surface area contributed by atoms with E-state index in [1.807, 2.05) is 23.6 Å². The lowest BCUT2D eigenvalue weighted by atomic mass is 10.0. The molecule has 3 nitrogen and oxygen atoms in total. The second kappa shape index (κ2) is 6.19. The standard InChI is InChI=1S/C15H26N2O/c1-10(2)8-9-17-14(11(3)4)7-6-13(12(5)16)15(17)18/h6-7,10-12H,8-9,16H2,1-5H3. The van der Waals surface area contributed by atoms with Gasteiger partial charge < -0.3 is 10.3 Å². The highest BCUT2D eigenvalue weighted by atomic mass is 16.1. The van der Waals surface area contributed by atoms with Crippen molar-refractivity contribution >= 4 is 0 Å². The van der Waals surface area contributed by atoms with Crippen LogP contribution in [0.25, 0.3) is 0 Å². The first-order valence-electron chi connectivity index (χ1n) is 6.83. The van der Waals surface area contributed by atoms with Crippen molar-refractivity contribution < 1.29 is 0 Å². The fourth-order valence-corrected chi connectivity index (χ4v) is 2.08.